The highest BCUT2D eigenvalue weighted by Gasteiger charge is 2.50. The van der Waals surface area contributed by atoms with Crippen LogP contribution >= 0.6 is 0 Å². The summed E-state index contributed by atoms with van der Waals surface area (Å²) in [6, 6.07) is 24.1. The van der Waals surface area contributed by atoms with E-state index in [0.29, 0.717) is 11.3 Å². The van der Waals surface area contributed by atoms with Gasteiger partial charge in [0.1, 0.15) is 12.4 Å². The lowest BCUT2D eigenvalue weighted by Gasteiger charge is -2.22. The van der Waals surface area contributed by atoms with E-state index in [9.17, 15) is 14.7 Å². The van der Waals surface area contributed by atoms with E-state index in [-0.39, 0.29) is 25.4 Å². The highest BCUT2D eigenvalue weighted by Crippen LogP contribution is 2.42. The van der Waals surface area contributed by atoms with Crippen LogP contribution in [0.4, 0.5) is 5.69 Å². The zero-order valence-electron chi connectivity index (χ0n) is 17.9. The highest BCUT2D eigenvalue weighted by molar-refractivity contribution is 6.10. The molecule has 32 heavy (non-hydrogen) atoms. The van der Waals surface area contributed by atoms with Gasteiger partial charge in [-0.25, -0.2) is 0 Å². The molecule has 1 atom stereocenters. The number of carbonyl (C=O) groups is 2. The molecule has 1 unspecified atom stereocenters. The number of amides is 1. The van der Waals surface area contributed by atoms with Gasteiger partial charge in [0.25, 0.3) is 5.91 Å². The van der Waals surface area contributed by atoms with E-state index in [4.69, 9.17) is 4.74 Å². The van der Waals surface area contributed by atoms with Gasteiger partial charge in [-0.2, -0.15) is 0 Å². The van der Waals surface area contributed by atoms with E-state index < -0.39 is 11.5 Å². The second-order valence-electron chi connectivity index (χ2n) is 7.89. The van der Waals surface area contributed by atoms with E-state index in [1.54, 1.807) is 24.3 Å². The van der Waals surface area contributed by atoms with Crippen molar-refractivity contribution in [3.8, 4) is 5.75 Å². The molecule has 5 heteroatoms. The van der Waals surface area contributed by atoms with Crippen molar-refractivity contribution in [2.24, 2.45) is 0 Å². The van der Waals surface area contributed by atoms with Crippen LogP contribution in [0.3, 0.4) is 0 Å². The van der Waals surface area contributed by atoms with Crippen LogP contribution in [0.5, 0.6) is 5.75 Å². The molecule has 0 spiro atoms. The molecule has 0 bridgehead atoms. The fraction of sp³-hybridized carbons (Fsp3) is 0.185. The summed E-state index contributed by atoms with van der Waals surface area (Å²) in [6.45, 7) is 2.51. The Kier molecular flexibility index (Phi) is 6.19. The average Bonchev–Trinajstić information content (AvgIpc) is 3.00. The van der Waals surface area contributed by atoms with Crippen molar-refractivity contribution in [1.82, 2.24) is 0 Å². The molecule has 162 valence electrons. The smallest absolute Gasteiger partial charge is 0.264 e. The Morgan fingerprint density at radius 2 is 1.78 bits per heavy atom. The number of hydrogen-bond donors (Lipinski definition) is 1. The van der Waals surface area contributed by atoms with Gasteiger partial charge < -0.3 is 14.7 Å². The van der Waals surface area contributed by atoms with Gasteiger partial charge in [0, 0.05) is 5.56 Å². The molecule has 0 radical (unpaired) electrons. The normalized spacial score (nSPS) is 17.6. The summed E-state index contributed by atoms with van der Waals surface area (Å²) in [4.78, 5) is 27.4. The van der Waals surface area contributed by atoms with Gasteiger partial charge in [0.05, 0.1) is 18.7 Å². The molecule has 3 aromatic carbocycles. The van der Waals surface area contributed by atoms with Crippen LogP contribution in [0.15, 0.2) is 84.9 Å². The summed E-state index contributed by atoms with van der Waals surface area (Å²) in [7, 11) is 0. The largest absolute Gasteiger partial charge is 0.492 e. The van der Waals surface area contributed by atoms with Crippen molar-refractivity contribution in [2.45, 2.75) is 18.9 Å². The van der Waals surface area contributed by atoms with Crippen LogP contribution in [0.2, 0.25) is 0 Å². The Morgan fingerprint density at radius 3 is 2.56 bits per heavy atom. The van der Waals surface area contributed by atoms with Crippen molar-refractivity contribution in [3.63, 3.8) is 0 Å². The number of ketones is 1. The number of carbonyl (C=O) groups excluding carboxylic acids is 2. The van der Waals surface area contributed by atoms with Gasteiger partial charge in [0.2, 0.25) is 0 Å². The lowest BCUT2D eigenvalue weighted by atomic mass is 9.90. The number of ether oxygens (including phenoxy) is 1. The Morgan fingerprint density at radius 1 is 1.03 bits per heavy atom. The first-order valence-electron chi connectivity index (χ1n) is 10.6. The third-order valence-electron chi connectivity index (χ3n) is 5.50. The number of allylic oxidation sites excluding steroid dienone is 1. The maximum atomic E-state index is 13.2. The maximum Gasteiger partial charge on any atom is 0.264 e. The molecule has 0 fully saturated rings. The topological polar surface area (TPSA) is 66.8 Å². The third-order valence-corrected chi connectivity index (χ3v) is 5.50. The number of fused-ring (bicyclic) bond motifs is 1. The number of nitrogens with zero attached hydrogens (tertiary/aromatic N) is 1. The predicted octanol–water partition coefficient (Wildman–Crippen LogP) is 4.28. The van der Waals surface area contributed by atoms with Gasteiger partial charge >= 0.3 is 0 Å². The van der Waals surface area contributed by atoms with E-state index in [1.165, 1.54) is 11.0 Å². The second kappa shape index (κ2) is 9.20. The fourth-order valence-electron chi connectivity index (χ4n) is 3.92. The number of aryl methyl sites for hydroxylation is 1. The van der Waals surface area contributed by atoms with Crippen LogP contribution in [0.25, 0.3) is 6.08 Å². The van der Waals surface area contributed by atoms with Crippen LogP contribution in [0, 0.1) is 6.92 Å². The molecule has 1 heterocycles. The van der Waals surface area contributed by atoms with Gasteiger partial charge in [-0.3, -0.25) is 9.59 Å². The summed E-state index contributed by atoms with van der Waals surface area (Å²) in [6.07, 6.45) is 2.78. The SMILES string of the molecule is Cc1cccc(OCCN2C(=O)C(O)(CC(=O)/C=C/c3ccccc3)c3ccccc32)c1. The molecule has 1 aliphatic rings. The predicted molar refractivity (Wildman–Crippen MR) is 124 cm³/mol. The Balaban J connectivity index is 1.48. The van der Waals surface area contributed by atoms with E-state index >= 15 is 0 Å². The first kappa shape index (κ1) is 21.5. The summed E-state index contributed by atoms with van der Waals surface area (Å²) in [5, 5.41) is 11.3. The van der Waals surface area contributed by atoms with Crippen molar-refractivity contribution in [1.29, 1.82) is 0 Å². The molecule has 4 rings (SSSR count). The zero-order valence-corrected chi connectivity index (χ0v) is 17.9. The van der Waals surface area contributed by atoms with E-state index in [2.05, 4.69) is 0 Å². The minimum atomic E-state index is -1.89. The highest BCUT2D eigenvalue weighted by atomic mass is 16.5. The first-order chi connectivity index (χ1) is 15.5. The average molecular weight is 428 g/mol. The van der Waals surface area contributed by atoms with Crippen LogP contribution in [-0.4, -0.2) is 29.9 Å². The summed E-state index contributed by atoms with van der Waals surface area (Å²) in [5.74, 6) is -0.105. The minimum absolute atomic E-state index is 0.264. The van der Waals surface area contributed by atoms with Gasteiger partial charge in [0.15, 0.2) is 11.4 Å². The molecule has 0 aliphatic carbocycles. The van der Waals surface area contributed by atoms with Gasteiger partial charge in [-0.1, -0.05) is 66.7 Å². The maximum absolute atomic E-state index is 13.2. The fourth-order valence-corrected chi connectivity index (χ4v) is 3.92. The molecule has 1 N–H and O–H groups in total. The van der Waals surface area contributed by atoms with Crippen molar-refractivity contribution in [3.05, 3.63) is 102 Å². The summed E-state index contributed by atoms with van der Waals surface area (Å²) < 4.78 is 5.80. The first-order valence-corrected chi connectivity index (χ1v) is 10.6. The lowest BCUT2D eigenvalue weighted by Crippen LogP contribution is -2.43. The standard InChI is InChI=1S/C27H25NO4/c1-20-8-7-11-23(18-20)32-17-16-28-25-13-6-5-12-24(25)27(31,26(28)30)19-22(29)15-14-21-9-3-2-4-10-21/h2-15,18,31H,16-17,19H2,1H3/b15-14+. The number of anilines is 1. The molecule has 1 amide bonds. The molecule has 0 saturated heterocycles. The Hall–Kier alpha value is -3.70. The quantitative estimate of drug-likeness (QED) is 0.545. The molecule has 5 nitrogen and oxygen atoms in total. The van der Waals surface area contributed by atoms with Crippen LogP contribution in [-0.2, 0) is 15.2 Å². The van der Waals surface area contributed by atoms with Crippen LogP contribution < -0.4 is 9.64 Å². The monoisotopic (exact) mass is 427 g/mol. The number of rotatable bonds is 8. The summed E-state index contributed by atoms with van der Waals surface area (Å²) >= 11 is 0. The van der Waals surface area contributed by atoms with Gasteiger partial charge in [-0.15, -0.1) is 0 Å². The van der Waals surface area contributed by atoms with Crippen molar-refractivity contribution < 1.29 is 19.4 Å². The molecule has 0 saturated carbocycles. The van der Waals surface area contributed by atoms with Crippen molar-refractivity contribution in [2.75, 3.05) is 18.1 Å². The molecular formula is C27H25NO4. The Bertz CT molecular complexity index is 1160. The van der Waals surface area contributed by atoms with E-state index in [0.717, 1.165) is 16.9 Å². The molecule has 0 aromatic heterocycles. The minimum Gasteiger partial charge on any atom is -0.492 e. The second-order valence-corrected chi connectivity index (χ2v) is 7.89. The molecule has 1 aliphatic heterocycles. The number of benzene rings is 3. The van der Waals surface area contributed by atoms with Gasteiger partial charge in [-0.05, 0) is 42.3 Å². The third kappa shape index (κ3) is 4.48. The lowest BCUT2D eigenvalue weighted by molar-refractivity contribution is -0.140. The number of para-hydroxylation sites is 1. The number of hydrogen-bond acceptors (Lipinski definition) is 4. The Labute approximate surface area is 187 Å². The summed E-state index contributed by atoms with van der Waals surface area (Å²) in [5.41, 5.74) is 1.12. The van der Waals surface area contributed by atoms with E-state index in [1.807, 2.05) is 67.6 Å². The zero-order chi connectivity index (χ0) is 22.6. The van der Waals surface area contributed by atoms with Crippen molar-refractivity contribution >= 4 is 23.5 Å². The number of aliphatic hydroxyl groups is 1. The van der Waals surface area contributed by atoms with Crippen LogP contribution in [0.1, 0.15) is 23.1 Å². The molecule has 3 aromatic rings. The molecular weight excluding hydrogens is 402 g/mol.